The number of hydrogen-bond donors (Lipinski definition) is 1. The van der Waals surface area contributed by atoms with Crippen LogP contribution in [-0.4, -0.2) is 18.7 Å². The van der Waals surface area contributed by atoms with E-state index in [0.717, 1.165) is 18.4 Å². The Morgan fingerprint density at radius 1 is 1.13 bits per heavy atom. The van der Waals surface area contributed by atoms with Crippen molar-refractivity contribution < 1.29 is 9.53 Å². The molecule has 0 saturated heterocycles. The molecule has 1 amide bonds. The van der Waals surface area contributed by atoms with Gasteiger partial charge in [-0.15, -0.1) is 0 Å². The van der Waals surface area contributed by atoms with Crippen molar-refractivity contribution in [3.05, 3.63) is 65.2 Å². The fourth-order valence-corrected chi connectivity index (χ4v) is 2.05. The van der Waals surface area contributed by atoms with Crippen LogP contribution >= 0.6 is 0 Å². The first-order valence-corrected chi connectivity index (χ1v) is 7.77. The monoisotopic (exact) mass is 310 g/mol. The number of hydrazone groups is 1. The Balaban J connectivity index is 1.75. The second-order valence-corrected chi connectivity index (χ2v) is 5.39. The number of hydrogen-bond acceptors (Lipinski definition) is 3. The second kappa shape index (κ2) is 8.73. The van der Waals surface area contributed by atoms with Crippen molar-refractivity contribution in [2.45, 2.75) is 26.7 Å². The van der Waals surface area contributed by atoms with Gasteiger partial charge in [-0.1, -0.05) is 55.3 Å². The maximum absolute atomic E-state index is 11.7. The number of carbonyl (C=O) groups excluding carboxylic acids is 1. The van der Waals surface area contributed by atoms with Crippen LogP contribution in [0.5, 0.6) is 5.75 Å². The molecular weight excluding hydrogens is 288 g/mol. The van der Waals surface area contributed by atoms with E-state index in [4.69, 9.17) is 4.74 Å². The van der Waals surface area contributed by atoms with Crippen LogP contribution in [-0.2, 0) is 11.2 Å². The summed E-state index contributed by atoms with van der Waals surface area (Å²) in [7, 11) is 0. The van der Waals surface area contributed by atoms with Gasteiger partial charge in [0.15, 0.2) is 6.61 Å². The highest BCUT2D eigenvalue weighted by molar-refractivity contribution is 5.82. The van der Waals surface area contributed by atoms with Crippen LogP contribution in [0.15, 0.2) is 53.6 Å². The van der Waals surface area contributed by atoms with Gasteiger partial charge < -0.3 is 4.74 Å². The summed E-state index contributed by atoms with van der Waals surface area (Å²) in [6.45, 7) is 4.11. The van der Waals surface area contributed by atoms with Gasteiger partial charge in [-0.2, -0.15) is 5.10 Å². The van der Waals surface area contributed by atoms with Gasteiger partial charge in [0.1, 0.15) is 5.75 Å². The third-order valence-corrected chi connectivity index (χ3v) is 3.31. The molecule has 4 nitrogen and oxygen atoms in total. The summed E-state index contributed by atoms with van der Waals surface area (Å²) in [5.41, 5.74) is 5.84. The third kappa shape index (κ3) is 5.94. The fraction of sp³-hybridized carbons (Fsp3) is 0.263. The number of nitrogens with one attached hydrogen (secondary N) is 1. The van der Waals surface area contributed by atoms with Crippen molar-refractivity contribution in [1.29, 1.82) is 0 Å². The molecule has 0 atom stereocenters. The van der Waals surface area contributed by atoms with Crippen LogP contribution in [0.4, 0.5) is 0 Å². The lowest BCUT2D eigenvalue weighted by Gasteiger charge is -2.06. The van der Waals surface area contributed by atoms with E-state index >= 15 is 0 Å². The van der Waals surface area contributed by atoms with Crippen molar-refractivity contribution in [2.24, 2.45) is 5.10 Å². The van der Waals surface area contributed by atoms with E-state index in [1.807, 2.05) is 55.5 Å². The van der Waals surface area contributed by atoms with Crippen LogP contribution in [0.25, 0.3) is 0 Å². The van der Waals surface area contributed by atoms with Crippen LogP contribution in [0.1, 0.15) is 30.0 Å². The standard InChI is InChI=1S/C19H22N2O2/c1-3-4-16-9-11-18(12-10-16)23-14-19(22)21-20-13-17-7-5-15(2)6-8-17/h5-13H,3-4,14H2,1-2H3,(H,21,22). The number of nitrogens with zero attached hydrogens (tertiary/aromatic N) is 1. The lowest BCUT2D eigenvalue weighted by molar-refractivity contribution is -0.123. The van der Waals surface area contributed by atoms with Crippen molar-refractivity contribution in [1.82, 2.24) is 5.43 Å². The molecule has 0 aliphatic heterocycles. The third-order valence-electron chi connectivity index (χ3n) is 3.31. The topological polar surface area (TPSA) is 50.7 Å². The zero-order valence-corrected chi connectivity index (χ0v) is 13.6. The Bertz CT molecular complexity index is 646. The van der Waals surface area contributed by atoms with Gasteiger partial charge in [-0.3, -0.25) is 4.79 Å². The molecule has 120 valence electrons. The first kappa shape index (κ1) is 16.7. The van der Waals surface area contributed by atoms with Crippen LogP contribution < -0.4 is 10.2 Å². The number of carbonyl (C=O) groups is 1. The highest BCUT2D eigenvalue weighted by Crippen LogP contribution is 2.13. The molecule has 2 aromatic rings. The average Bonchev–Trinajstić information content (AvgIpc) is 2.56. The van der Waals surface area contributed by atoms with E-state index in [1.165, 1.54) is 11.1 Å². The quantitative estimate of drug-likeness (QED) is 0.629. The molecule has 0 aliphatic rings. The Morgan fingerprint density at radius 2 is 1.83 bits per heavy atom. The molecule has 0 aliphatic carbocycles. The molecule has 0 spiro atoms. The van der Waals surface area contributed by atoms with E-state index < -0.39 is 0 Å². The normalized spacial score (nSPS) is 10.7. The minimum absolute atomic E-state index is 0.0572. The largest absolute Gasteiger partial charge is 0.484 e. The zero-order chi connectivity index (χ0) is 16.5. The molecular formula is C19H22N2O2. The maximum atomic E-state index is 11.7. The number of amides is 1. The summed E-state index contributed by atoms with van der Waals surface area (Å²) in [6.07, 6.45) is 3.77. The molecule has 4 heteroatoms. The predicted octanol–water partition coefficient (Wildman–Crippen LogP) is 3.48. The van der Waals surface area contributed by atoms with Crippen molar-refractivity contribution in [3.63, 3.8) is 0 Å². The molecule has 0 unspecified atom stereocenters. The number of ether oxygens (including phenoxy) is 1. The smallest absolute Gasteiger partial charge is 0.277 e. The molecule has 1 N–H and O–H groups in total. The lowest BCUT2D eigenvalue weighted by Crippen LogP contribution is -2.24. The van der Waals surface area contributed by atoms with Crippen molar-refractivity contribution in [2.75, 3.05) is 6.61 Å². The molecule has 0 saturated carbocycles. The molecule has 0 radical (unpaired) electrons. The van der Waals surface area contributed by atoms with E-state index in [0.29, 0.717) is 5.75 Å². The van der Waals surface area contributed by atoms with Gasteiger partial charge >= 0.3 is 0 Å². The number of rotatable bonds is 7. The van der Waals surface area contributed by atoms with Gasteiger partial charge in [0.25, 0.3) is 5.91 Å². The number of benzene rings is 2. The lowest BCUT2D eigenvalue weighted by atomic mass is 10.1. The summed E-state index contributed by atoms with van der Waals surface area (Å²) in [5, 5.41) is 3.92. The first-order valence-electron chi connectivity index (χ1n) is 7.77. The van der Waals surface area contributed by atoms with Crippen molar-refractivity contribution >= 4 is 12.1 Å². The predicted molar refractivity (Wildman–Crippen MR) is 92.8 cm³/mol. The average molecular weight is 310 g/mol. The first-order chi connectivity index (χ1) is 11.2. The van der Waals surface area contributed by atoms with Crippen LogP contribution in [0, 0.1) is 6.92 Å². The highest BCUT2D eigenvalue weighted by Gasteiger charge is 2.01. The van der Waals surface area contributed by atoms with Gasteiger partial charge in [-0.05, 0) is 36.6 Å². The van der Waals surface area contributed by atoms with E-state index in [9.17, 15) is 4.79 Å². The SMILES string of the molecule is CCCc1ccc(OCC(=O)NN=Cc2ccc(C)cc2)cc1. The van der Waals surface area contributed by atoms with E-state index in [2.05, 4.69) is 17.5 Å². The summed E-state index contributed by atoms with van der Waals surface area (Å²) >= 11 is 0. The summed E-state index contributed by atoms with van der Waals surface area (Å²) < 4.78 is 5.43. The highest BCUT2D eigenvalue weighted by atomic mass is 16.5. The summed E-state index contributed by atoms with van der Waals surface area (Å²) in [4.78, 5) is 11.7. The molecule has 2 rings (SSSR count). The van der Waals surface area contributed by atoms with Gasteiger partial charge in [0, 0.05) is 0 Å². The van der Waals surface area contributed by atoms with E-state index in [-0.39, 0.29) is 12.5 Å². The van der Waals surface area contributed by atoms with Crippen molar-refractivity contribution in [3.8, 4) is 5.75 Å². The zero-order valence-electron chi connectivity index (χ0n) is 13.6. The minimum atomic E-state index is -0.286. The second-order valence-electron chi connectivity index (χ2n) is 5.39. The summed E-state index contributed by atoms with van der Waals surface area (Å²) in [5.74, 6) is 0.397. The van der Waals surface area contributed by atoms with E-state index in [1.54, 1.807) is 6.21 Å². The Hall–Kier alpha value is -2.62. The molecule has 0 fully saturated rings. The Labute approximate surface area is 137 Å². The van der Waals surface area contributed by atoms with Crippen LogP contribution in [0.3, 0.4) is 0 Å². The number of aryl methyl sites for hydroxylation is 2. The Morgan fingerprint density at radius 3 is 2.48 bits per heavy atom. The van der Waals surface area contributed by atoms with Gasteiger partial charge in [0.05, 0.1) is 6.21 Å². The fourth-order valence-electron chi connectivity index (χ4n) is 2.05. The molecule has 0 heterocycles. The maximum Gasteiger partial charge on any atom is 0.277 e. The molecule has 23 heavy (non-hydrogen) atoms. The minimum Gasteiger partial charge on any atom is -0.484 e. The Kier molecular flexibility index (Phi) is 6.36. The molecule has 0 bridgehead atoms. The summed E-state index contributed by atoms with van der Waals surface area (Å²) in [6, 6.07) is 15.7. The van der Waals surface area contributed by atoms with Crippen LogP contribution in [0.2, 0.25) is 0 Å². The van der Waals surface area contributed by atoms with Gasteiger partial charge in [-0.25, -0.2) is 5.43 Å². The molecule has 2 aromatic carbocycles. The molecule has 0 aromatic heterocycles. The van der Waals surface area contributed by atoms with Gasteiger partial charge in [0.2, 0.25) is 0 Å².